The topological polar surface area (TPSA) is 259 Å². The zero-order valence-electron chi connectivity index (χ0n) is 61.7. The third kappa shape index (κ3) is 29.0. The number of aromatic nitrogens is 3. The summed E-state index contributed by atoms with van der Waals surface area (Å²) in [5.41, 5.74) is 12.1. The molecule has 3 amide bonds. The van der Waals surface area contributed by atoms with Crippen LogP contribution < -0.4 is 75.9 Å². The smallest absolute Gasteiger partial charge is 0.870 e. The first kappa shape index (κ1) is 101. The number of carbonyl (C=O) groups excluding carboxylic acids is 4. The number of nitrogens with zero attached hydrogens (tertiary/aromatic N) is 5. The molecule has 11 rings (SSSR count). The van der Waals surface area contributed by atoms with Gasteiger partial charge in [-0.3, -0.25) is 28.5 Å². The molecule has 3 aromatic heterocycles. The van der Waals surface area contributed by atoms with Crippen LogP contribution in [0.5, 0.6) is 29.0 Å². The van der Waals surface area contributed by atoms with Gasteiger partial charge in [0.05, 0.1) is 69.9 Å². The summed E-state index contributed by atoms with van der Waals surface area (Å²) in [6.07, 6.45) is -3.96. The zero-order valence-corrected chi connectivity index (χ0v) is 71.1. The number of rotatable bonds is 21. The second-order valence-electron chi connectivity index (χ2n) is 24.2. The minimum Gasteiger partial charge on any atom is -0.870 e. The summed E-state index contributed by atoms with van der Waals surface area (Å²) in [6, 6.07) is 34.6. The van der Waals surface area contributed by atoms with Crippen LogP contribution in [0.4, 0.5) is 39.5 Å². The minimum absolute atomic E-state index is 0. The van der Waals surface area contributed by atoms with Gasteiger partial charge in [-0.15, -0.1) is 23.2 Å². The van der Waals surface area contributed by atoms with E-state index in [1.54, 1.807) is 34.9 Å². The van der Waals surface area contributed by atoms with Gasteiger partial charge < -0.3 is 58.3 Å². The van der Waals surface area contributed by atoms with Gasteiger partial charge in [0.15, 0.2) is 0 Å². The number of aromatic amines is 1. The van der Waals surface area contributed by atoms with Crippen LogP contribution in [-0.2, 0) is 70.5 Å². The average molecular weight is 1800 g/mol. The first-order chi connectivity index (χ1) is 51.9. The Kier molecular flexibility index (Phi) is 41.9. The largest absolute Gasteiger partial charge is 1.00 e. The summed E-state index contributed by atoms with van der Waals surface area (Å²) in [7, 11) is -4.32. The van der Waals surface area contributed by atoms with Crippen molar-refractivity contribution in [3.63, 3.8) is 0 Å². The molecule has 3 aliphatic rings. The average Bonchev–Trinajstić information content (AvgIpc) is 0.784. The number of hydrogen-bond donors (Lipinski definition) is 2. The second-order valence-corrected chi connectivity index (χ2v) is 29.8. The Morgan fingerprint density at radius 3 is 1.24 bits per heavy atom. The molecule has 37 heteroatoms. The number of alkyl halides is 12. The number of ether oxygens (including phenoxy) is 4. The molecule has 0 radical (unpaired) electrons. The van der Waals surface area contributed by atoms with Crippen molar-refractivity contribution in [2.45, 2.75) is 139 Å². The van der Waals surface area contributed by atoms with Crippen molar-refractivity contribution in [3.05, 3.63) is 236 Å². The predicted molar refractivity (Wildman–Crippen MR) is 412 cm³/mol. The molecule has 113 heavy (non-hydrogen) atoms. The van der Waals surface area contributed by atoms with E-state index >= 15 is 0 Å². The Labute approximate surface area is 723 Å². The predicted octanol–water partition coefficient (Wildman–Crippen LogP) is 16.8. The quantitative estimate of drug-likeness (QED) is 0.0223. The number of halogens is 15. The van der Waals surface area contributed by atoms with Crippen LogP contribution in [0.2, 0.25) is 15.1 Å². The zero-order chi connectivity index (χ0) is 81.5. The summed E-state index contributed by atoms with van der Waals surface area (Å²) in [6.45, 7) is 11.0. The van der Waals surface area contributed by atoms with Crippen LogP contribution in [0, 0.1) is 41.5 Å². The van der Waals surface area contributed by atoms with Crippen LogP contribution >= 0.6 is 81.5 Å². The molecule has 0 atom stereocenters. The third-order valence-electron chi connectivity index (χ3n) is 16.4. The van der Waals surface area contributed by atoms with Gasteiger partial charge in [0.25, 0.3) is 23.3 Å². The normalized spacial score (nSPS) is 12.8. The van der Waals surface area contributed by atoms with Crippen LogP contribution in [-0.4, -0.2) is 126 Å². The van der Waals surface area contributed by atoms with Gasteiger partial charge in [0, 0.05) is 69.3 Å². The number of phenols is 1. The molecule has 6 heterocycles. The first-order valence-corrected chi connectivity index (χ1v) is 37.9. The molecular formula is C76H81BrCl5F9KN6O14P. The first-order valence-electron chi connectivity index (χ1n) is 33.4. The molecule has 3 N–H and O–H groups in total. The molecule has 0 fully saturated rings. The van der Waals surface area contributed by atoms with E-state index in [1.165, 1.54) is 36.9 Å². The maximum Gasteiger partial charge on any atom is 1.00 e. The summed E-state index contributed by atoms with van der Waals surface area (Å²) >= 11 is 30.2. The number of aldehydes is 1. The molecule has 5 aromatic carbocycles. The molecular weight excluding hydrogens is 1720 g/mol. The Morgan fingerprint density at radius 2 is 0.912 bits per heavy atom. The van der Waals surface area contributed by atoms with Gasteiger partial charge in [0.1, 0.15) is 30.5 Å². The molecule has 0 unspecified atom stereocenters. The number of phenolic OH excluding ortho intramolecular Hbond substituents is 1. The van der Waals surface area contributed by atoms with Gasteiger partial charge in [-0.2, -0.15) is 39.5 Å². The van der Waals surface area contributed by atoms with E-state index < -0.39 is 43.8 Å². The van der Waals surface area contributed by atoms with Crippen molar-refractivity contribution < 1.29 is 153 Å². The van der Waals surface area contributed by atoms with Crippen molar-refractivity contribution in [2.24, 2.45) is 0 Å². The fraction of sp³-hybridized carbons (Fsp3) is 0.355. The number of benzene rings is 5. The van der Waals surface area contributed by atoms with Crippen molar-refractivity contribution in [2.75, 3.05) is 38.2 Å². The van der Waals surface area contributed by atoms with E-state index in [-0.39, 0.29) is 157 Å². The molecule has 0 spiro atoms. The van der Waals surface area contributed by atoms with E-state index in [0.717, 1.165) is 61.6 Å². The van der Waals surface area contributed by atoms with Gasteiger partial charge in [0.2, 0.25) is 18.0 Å². The standard InChI is InChI=1S/C25H23ClF2N2O3.C24H23ClN2O3.C18H17ClF2N2O3.C5H10BrF2O3P.C2HF3O.CH2Cl2.CH4.K.H2O/c1-15-12-16(2)29-23(32-14-17-6-4-3-5-7-17)19(15)13-30-11-10-18-8-9-20(33-25(27)28)22(26)21(18)24(30)31;1-15-12-16(2)26-23(30-14-17-6-4-3-5-7-17)19(15)13-27-11-10-18-8-9-20(28)22(25)21(18)24(27)29;1-9-7-10(2)22-16(24)12(9)8-23-6-5-11-3-4-13(26-18(20)21)15(19)14(11)17(23)25;1-3-10-12(9,11-4-2)5(6,7)8;3-2(4,5)1-6;2-1-3;;;/h3-9,12,25H,10-11,13-14H2,1-2H3;3-9,12,28H,10-11,13-14H2,1-2H3;3-4,7,18H,5-6,8H2,1-2H3,(H,22,24);3-4H2,1-2H3;1H;1H2;1H4;;1H2/q;;;;;;;+1;/p-1. The number of aryl methyl sites for hydroxylation is 6. The number of pyridine rings is 3. The van der Waals surface area contributed by atoms with Gasteiger partial charge >= 0.3 is 83.0 Å². The van der Waals surface area contributed by atoms with Crippen LogP contribution in [0.3, 0.4) is 0 Å². The minimum atomic E-state index is -4.64. The second kappa shape index (κ2) is 47.0. The summed E-state index contributed by atoms with van der Waals surface area (Å²) in [5, 5.41) is 10.0. The SMILES string of the molecule is C.CCOP(=O)(OCC)C(F)(F)Br.Cc1cc(C)c(CN2CCc3ccc(O)c(Cl)c3C2=O)c(OCc2ccccc2)n1.Cc1cc(C)c(CN2CCc3ccc(OC(F)F)c(Cl)c3C2=O)c(=O)[nH]1.Cc1cc(C)c(CN2CCc3ccc(OC(F)F)c(Cl)c3C2=O)c(OCc2ccccc2)n1.ClCCl.O=CC(F)(F)F.[K+].[OH-]. The number of hydrogen-bond acceptors (Lipinski definition) is 16. The fourth-order valence-corrected chi connectivity index (χ4v) is 13.9. The Hall–Kier alpha value is -6.52. The maximum atomic E-state index is 13.3. The number of aromatic hydroxyl groups is 1. The summed E-state index contributed by atoms with van der Waals surface area (Å²) in [4.78, 5) is 76.9. The van der Waals surface area contributed by atoms with Gasteiger partial charge in [-0.1, -0.05) is 121 Å². The molecule has 8 aromatic rings. The van der Waals surface area contributed by atoms with E-state index in [1.807, 2.05) is 129 Å². The molecule has 3 aliphatic heterocycles. The molecule has 0 aliphatic carbocycles. The molecule has 0 bridgehead atoms. The fourth-order valence-electron chi connectivity index (χ4n) is 11.4. The van der Waals surface area contributed by atoms with Crippen LogP contribution in [0.15, 0.2) is 120 Å². The van der Waals surface area contributed by atoms with E-state index in [2.05, 4.69) is 33.5 Å². The maximum absolute atomic E-state index is 13.3. The van der Waals surface area contributed by atoms with Crippen molar-refractivity contribution in [1.82, 2.24) is 29.7 Å². The van der Waals surface area contributed by atoms with Crippen molar-refractivity contribution in [1.29, 1.82) is 0 Å². The monoisotopic (exact) mass is 1800 g/mol. The van der Waals surface area contributed by atoms with E-state index in [4.69, 9.17) is 72.3 Å². The Balaban J connectivity index is 0.000000386. The number of fused-ring (bicyclic) bond motifs is 3. The van der Waals surface area contributed by atoms with Crippen LogP contribution in [0.1, 0.15) is 131 Å². The number of carbonyl (C=O) groups is 4. The van der Waals surface area contributed by atoms with Gasteiger partial charge in [-0.05, 0) is 156 Å². The van der Waals surface area contributed by atoms with Crippen molar-refractivity contribution in [3.8, 4) is 29.0 Å². The molecule has 0 saturated carbocycles. The number of H-pyrrole nitrogens is 1. The van der Waals surface area contributed by atoms with Crippen LogP contribution in [0.25, 0.3) is 0 Å². The molecule has 20 nitrogen and oxygen atoms in total. The summed E-state index contributed by atoms with van der Waals surface area (Å²) in [5.74, 6) is -0.449. The van der Waals surface area contributed by atoms with E-state index in [9.17, 15) is 68.4 Å². The number of amides is 3. The molecule has 610 valence electrons. The van der Waals surface area contributed by atoms with E-state index in [0.29, 0.717) is 92.7 Å². The molecule has 0 saturated heterocycles. The third-order valence-corrected chi connectivity index (χ3v) is 20.6. The number of nitrogens with one attached hydrogen (secondary N) is 1. The summed E-state index contributed by atoms with van der Waals surface area (Å²) < 4.78 is 144. The Morgan fingerprint density at radius 1 is 0.575 bits per heavy atom. The van der Waals surface area contributed by atoms with Gasteiger partial charge in [-0.25, -0.2) is 9.97 Å². The van der Waals surface area contributed by atoms with Crippen molar-refractivity contribution >= 4 is 106 Å². The Bertz CT molecular complexity index is 4620.